The molecule has 0 unspecified atom stereocenters. The van der Waals surface area contributed by atoms with Crippen molar-refractivity contribution >= 4 is 33.1 Å². The van der Waals surface area contributed by atoms with Crippen LogP contribution in [0.1, 0.15) is 35.8 Å². The van der Waals surface area contributed by atoms with E-state index in [4.69, 9.17) is 16.7 Å². The van der Waals surface area contributed by atoms with Crippen molar-refractivity contribution in [3.8, 4) is 12.1 Å². The predicted octanol–water partition coefficient (Wildman–Crippen LogP) is 2.55. The maximum atomic E-state index is 9.24. The topological polar surface area (TPSA) is 113 Å². The van der Waals surface area contributed by atoms with E-state index in [0.29, 0.717) is 27.4 Å². The maximum Gasteiger partial charge on any atom is 0.143 e. The second-order valence-electron chi connectivity index (χ2n) is 4.20. The molecule has 2 heterocycles. The summed E-state index contributed by atoms with van der Waals surface area (Å²) >= 11 is 1.22. The molecule has 0 saturated heterocycles. The van der Waals surface area contributed by atoms with Crippen LogP contribution in [0.25, 0.3) is 10.2 Å². The highest BCUT2D eigenvalue weighted by atomic mass is 32.1. The van der Waals surface area contributed by atoms with Crippen LogP contribution in [-0.4, -0.2) is 4.98 Å². The summed E-state index contributed by atoms with van der Waals surface area (Å²) in [6.45, 7) is 2.07. The van der Waals surface area contributed by atoms with Crippen LogP contribution in [0.3, 0.4) is 0 Å². The fourth-order valence-electron chi connectivity index (χ4n) is 2.06. The minimum absolute atomic E-state index is 0.215. The number of unbranched alkanes of at least 4 members (excludes halogenated alkanes) is 1. The lowest BCUT2D eigenvalue weighted by Crippen LogP contribution is -2.02. The Morgan fingerprint density at radius 1 is 1.26 bits per heavy atom. The van der Waals surface area contributed by atoms with Gasteiger partial charge in [-0.2, -0.15) is 10.5 Å². The number of nitrogens with two attached hydrogens (primary N) is 2. The molecule has 2 rings (SSSR count). The first-order chi connectivity index (χ1) is 9.13. The van der Waals surface area contributed by atoms with Crippen molar-refractivity contribution in [2.45, 2.75) is 26.2 Å². The zero-order valence-corrected chi connectivity index (χ0v) is 11.3. The third-order valence-electron chi connectivity index (χ3n) is 3.00. The summed E-state index contributed by atoms with van der Waals surface area (Å²) < 4.78 is 0. The maximum absolute atomic E-state index is 9.24. The van der Waals surface area contributed by atoms with Crippen molar-refractivity contribution < 1.29 is 0 Å². The monoisotopic (exact) mass is 271 g/mol. The van der Waals surface area contributed by atoms with Gasteiger partial charge < -0.3 is 11.5 Å². The van der Waals surface area contributed by atoms with E-state index in [1.165, 1.54) is 11.3 Å². The highest BCUT2D eigenvalue weighted by Crippen LogP contribution is 2.37. The SMILES string of the molecule is CCCCc1c(C#N)c(N)nc2sc(C#N)c(N)c12. The quantitative estimate of drug-likeness (QED) is 0.890. The number of nitriles is 2. The summed E-state index contributed by atoms with van der Waals surface area (Å²) in [4.78, 5) is 5.25. The van der Waals surface area contributed by atoms with Gasteiger partial charge in [0.2, 0.25) is 0 Å². The van der Waals surface area contributed by atoms with Crippen molar-refractivity contribution in [2.24, 2.45) is 0 Å². The van der Waals surface area contributed by atoms with Crippen LogP contribution in [-0.2, 0) is 6.42 Å². The average molecular weight is 271 g/mol. The van der Waals surface area contributed by atoms with Gasteiger partial charge in [0.25, 0.3) is 0 Å². The molecular formula is C13H13N5S. The van der Waals surface area contributed by atoms with E-state index >= 15 is 0 Å². The van der Waals surface area contributed by atoms with Crippen LogP contribution in [0, 0.1) is 22.7 Å². The normalized spacial score (nSPS) is 10.3. The molecule has 0 aliphatic carbocycles. The van der Waals surface area contributed by atoms with E-state index in [0.717, 1.165) is 23.8 Å². The Balaban J connectivity index is 2.82. The predicted molar refractivity (Wildman–Crippen MR) is 76.5 cm³/mol. The molecular weight excluding hydrogens is 258 g/mol. The molecule has 0 bridgehead atoms. The number of aromatic nitrogens is 1. The summed E-state index contributed by atoms with van der Waals surface area (Å²) in [6, 6.07) is 4.15. The van der Waals surface area contributed by atoms with Crippen molar-refractivity contribution in [1.29, 1.82) is 10.5 Å². The van der Waals surface area contributed by atoms with E-state index in [2.05, 4.69) is 24.0 Å². The molecule has 4 N–H and O–H groups in total. The van der Waals surface area contributed by atoms with Gasteiger partial charge in [0.1, 0.15) is 27.7 Å². The van der Waals surface area contributed by atoms with Crippen molar-refractivity contribution in [3.05, 3.63) is 16.0 Å². The Morgan fingerprint density at radius 2 is 2.00 bits per heavy atom. The minimum Gasteiger partial charge on any atom is -0.396 e. The lowest BCUT2D eigenvalue weighted by molar-refractivity contribution is 0.797. The summed E-state index contributed by atoms with van der Waals surface area (Å²) in [7, 11) is 0. The van der Waals surface area contributed by atoms with E-state index in [-0.39, 0.29) is 5.82 Å². The van der Waals surface area contributed by atoms with Gasteiger partial charge in [-0.05, 0) is 18.4 Å². The minimum atomic E-state index is 0.215. The number of fused-ring (bicyclic) bond motifs is 1. The van der Waals surface area contributed by atoms with Crippen molar-refractivity contribution in [2.75, 3.05) is 11.5 Å². The molecule has 0 aromatic carbocycles. The number of pyridine rings is 1. The zero-order valence-electron chi connectivity index (χ0n) is 10.5. The van der Waals surface area contributed by atoms with Gasteiger partial charge in [-0.1, -0.05) is 13.3 Å². The largest absolute Gasteiger partial charge is 0.396 e. The Labute approximate surface area is 115 Å². The number of thiophene rings is 1. The standard InChI is InChI=1S/C13H13N5S/c1-2-3-4-7-8(5-14)12(17)18-13-10(7)11(16)9(6-15)19-13/h2-4,16H2,1H3,(H2,17,18). The summed E-state index contributed by atoms with van der Waals surface area (Å²) in [5.74, 6) is 0.215. The molecule has 0 atom stereocenters. The highest BCUT2D eigenvalue weighted by Gasteiger charge is 2.19. The van der Waals surface area contributed by atoms with Crippen LogP contribution in [0.15, 0.2) is 0 Å². The first-order valence-electron chi connectivity index (χ1n) is 5.94. The molecule has 19 heavy (non-hydrogen) atoms. The number of aryl methyl sites for hydroxylation is 1. The third kappa shape index (κ3) is 2.07. The molecule has 0 spiro atoms. The zero-order chi connectivity index (χ0) is 14.0. The average Bonchev–Trinajstić information content (AvgIpc) is 2.71. The third-order valence-corrected chi connectivity index (χ3v) is 4.01. The molecule has 96 valence electrons. The van der Waals surface area contributed by atoms with Gasteiger partial charge in [-0.3, -0.25) is 0 Å². The Bertz CT molecular complexity index is 717. The van der Waals surface area contributed by atoms with Crippen molar-refractivity contribution in [1.82, 2.24) is 4.98 Å². The summed E-state index contributed by atoms with van der Waals surface area (Å²) in [6.07, 6.45) is 2.66. The molecule has 0 aliphatic rings. The molecule has 0 aliphatic heterocycles. The second-order valence-corrected chi connectivity index (χ2v) is 5.20. The Kier molecular flexibility index (Phi) is 3.55. The molecule has 2 aromatic rings. The molecule has 0 fully saturated rings. The van der Waals surface area contributed by atoms with Crippen LogP contribution in [0.2, 0.25) is 0 Å². The van der Waals surface area contributed by atoms with Crippen LogP contribution in [0.4, 0.5) is 11.5 Å². The number of hydrogen-bond donors (Lipinski definition) is 2. The molecule has 6 heteroatoms. The van der Waals surface area contributed by atoms with Gasteiger partial charge in [0, 0.05) is 5.39 Å². The molecule has 0 radical (unpaired) electrons. The van der Waals surface area contributed by atoms with Crippen LogP contribution in [0.5, 0.6) is 0 Å². The fourth-order valence-corrected chi connectivity index (χ4v) is 2.99. The fraction of sp³-hybridized carbons (Fsp3) is 0.308. The first-order valence-corrected chi connectivity index (χ1v) is 6.76. The van der Waals surface area contributed by atoms with E-state index < -0.39 is 0 Å². The van der Waals surface area contributed by atoms with E-state index in [9.17, 15) is 5.26 Å². The van der Waals surface area contributed by atoms with Crippen molar-refractivity contribution in [3.63, 3.8) is 0 Å². The molecule has 2 aromatic heterocycles. The summed E-state index contributed by atoms with van der Waals surface area (Å²) in [5.41, 5.74) is 13.4. The number of rotatable bonds is 3. The molecule has 0 saturated carbocycles. The van der Waals surface area contributed by atoms with Gasteiger partial charge in [0.05, 0.1) is 11.3 Å². The molecule has 0 amide bonds. The van der Waals surface area contributed by atoms with Crippen LogP contribution < -0.4 is 11.5 Å². The number of nitrogens with zero attached hydrogens (tertiary/aromatic N) is 3. The highest BCUT2D eigenvalue weighted by molar-refractivity contribution is 7.19. The van der Waals surface area contributed by atoms with E-state index in [1.807, 2.05) is 0 Å². The number of anilines is 2. The Morgan fingerprint density at radius 3 is 2.58 bits per heavy atom. The van der Waals surface area contributed by atoms with Gasteiger partial charge >= 0.3 is 0 Å². The lowest BCUT2D eigenvalue weighted by atomic mass is 9.99. The van der Waals surface area contributed by atoms with Crippen LogP contribution >= 0.6 is 11.3 Å². The number of hydrogen-bond acceptors (Lipinski definition) is 6. The Hall–Kier alpha value is -2.31. The molecule has 5 nitrogen and oxygen atoms in total. The number of nitrogen functional groups attached to an aromatic ring is 2. The lowest BCUT2D eigenvalue weighted by Gasteiger charge is -2.08. The smallest absolute Gasteiger partial charge is 0.143 e. The van der Waals surface area contributed by atoms with Gasteiger partial charge in [-0.15, -0.1) is 11.3 Å². The summed E-state index contributed by atoms with van der Waals surface area (Å²) in [5, 5.41) is 19.0. The second kappa shape index (κ2) is 5.13. The van der Waals surface area contributed by atoms with Gasteiger partial charge in [0.15, 0.2) is 0 Å². The van der Waals surface area contributed by atoms with Gasteiger partial charge in [-0.25, -0.2) is 4.98 Å². The van der Waals surface area contributed by atoms with E-state index in [1.54, 1.807) is 0 Å². The first kappa shape index (κ1) is 13.1.